The lowest BCUT2D eigenvalue weighted by Gasteiger charge is -2.04. The molecule has 2 nitrogen and oxygen atoms in total. The predicted molar refractivity (Wildman–Crippen MR) is 68.3 cm³/mol. The van der Waals surface area contributed by atoms with Gasteiger partial charge >= 0.3 is 5.97 Å². The van der Waals surface area contributed by atoms with Crippen molar-refractivity contribution >= 4 is 28.6 Å². The molecule has 0 fully saturated rings. The Hall–Kier alpha value is -1.13. The van der Waals surface area contributed by atoms with E-state index in [0.29, 0.717) is 0 Å². The first kappa shape index (κ1) is 11.4. The summed E-state index contributed by atoms with van der Waals surface area (Å²) in [5, 5.41) is 10.8. The van der Waals surface area contributed by atoms with Crippen LogP contribution in [0.5, 0.6) is 0 Å². The number of hydrogen-bond acceptors (Lipinski definition) is 3. The maximum absolute atomic E-state index is 10.6. The van der Waals surface area contributed by atoms with Gasteiger partial charge in [-0.15, -0.1) is 22.7 Å². The molecule has 16 heavy (non-hydrogen) atoms. The third-order valence-electron chi connectivity index (χ3n) is 2.36. The van der Waals surface area contributed by atoms with E-state index in [1.807, 2.05) is 19.1 Å². The number of carboxylic acids is 1. The molecule has 1 atom stereocenters. The van der Waals surface area contributed by atoms with Crippen LogP contribution in [0.15, 0.2) is 29.6 Å². The first-order valence-corrected chi connectivity index (χ1v) is 6.72. The van der Waals surface area contributed by atoms with Gasteiger partial charge in [0, 0.05) is 20.5 Å². The summed E-state index contributed by atoms with van der Waals surface area (Å²) in [6, 6.07) is 8.22. The van der Waals surface area contributed by atoms with Crippen molar-refractivity contribution in [3.05, 3.63) is 34.5 Å². The highest BCUT2D eigenvalue weighted by Gasteiger charge is 2.13. The molecule has 0 bridgehead atoms. The largest absolute Gasteiger partial charge is 0.481 e. The summed E-state index contributed by atoms with van der Waals surface area (Å²) in [5.41, 5.74) is 0. The molecule has 0 aromatic carbocycles. The van der Waals surface area contributed by atoms with E-state index >= 15 is 0 Å². The normalized spacial score (nSPS) is 12.6. The molecule has 2 rings (SSSR count). The fraction of sp³-hybridized carbons (Fsp3) is 0.250. The Morgan fingerprint density at radius 2 is 2.19 bits per heavy atom. The number of aliphatic carboxylic acids is 1. The lowest BCUT2D eigenvalue weighted by molar-refractivity contribution is -0.137. The minimum absolute atomic E-state index is 0.0937. The van der Waals surface area contributed by atoms with Crippen LogP contribution in [0.2, 0.25) is 0 Å². The number of carboxylic acid groups (broad SMARTS) is 1. The highest BCUT2D eigenvalue weighted by atomic mass is 32.1. The fourth-order valence-electron chi connectivity index (χ4n) is 1.53. The van der Waals surface area contributed by atoms with Crippen LogP contribution < -0.4 is 0 Å². The van der Waals surface area contributed by atoms with E-state index in [4.69, 9.17) is 5.11 Å². The summed E-state index contributed by atoms with van der Waals surface area (Å²) in [6.45, 7) is 1.96. The third-order valence-corrected chi connectivity index (χ3v) is 4.74. The monoisotopic (exact) mass is 252 g/mol. The number of carbonyl (C=O) groups is 1. The Morgan fingerprint density at radius 1 is 1.38 bits per heavy atom. The van der Waals surface area contributed by atoms with Gasteiger partial charge in [-0.3, -0.25) is 4.79 Å². The summed E-state index contributed by atoms with van der Waals surface area (Å²) in [7, 11) is 0. The van der Waals surface area contributed by atoms with Crippen molar-refractivity contribution < 1.29 is 9.90 Å². The molecule has 0 radical (unpaired) electrons. The van der Waals surface area contributed by atoms with Crippen molar-refractivity contribution in [2.45, 2.75) is 19.3 Å². The summed E-state index contributed by atoms with van der Waals surface area (Å²) >= 11 is 3.40. The summed E-state index contributed by atoms with van der Waals surface area (Å²) in [6.07, 6.45) is 0.199. The van der Waals surface area contributed by atoms with Crippen LogP contribution in [-0.4, -0.2) is 11.1 Å². The van der Waals surface area contributed by atoms with Crippen molar-refractivity contribution in [2.75, 3.05) is 0 Å². The van der Waals surface area contributed by atoms with E-state index in [9.17, 15) is 4.79 Å². The Labute approximate surface area is 102 Å². The molecule has 2 aromatic rings. The van der Waals surface area contributed by atoms with Crippen LogP contribution in [0.3, 0.4) is 0 Å². The molecule has 0 saturated carbocycles. The Bertz CT molecular complexity index is 471. The second kappa shape index (κ2) is 4.80. The highest BCUT2D eigenvalue weighted by molar-refractivity contribution is 7.21. The molecule has 1 unspecified atom stereocenters. The maximum atomic E-state index is 10.6. The lowest BCUT2D eigenvalue weighted by atomic mass is 10.1. The van der Waals surface area contributed by atoms with E-state index < -0.39 is 5.97 Å². The first-order valence-electron chi connectivity index (χ1n) is 5.02. The SMILES string of the molecule is CC(CC(=O)O)c1ccc(-c2cccs2)s1. The van der Waals surface area contributed by atoms with Crippen molar-refractivity contribution in [3.8, 4) is 9.75 Å². The summed E-state index contributed by atoms with van der Waals surface area (Å²) < 4.78 is 0. The van der Waals surface area contributed by atoms with Crippen LogP contribution in [0.4, 0.5) is 0 Å². The molecule has 2 heterocycles. The van der Waals surface area contributed by atoms with Crippen LogP contribution in [0.1, 0.15) is 24.1 Å². The molecule has 0 spiro atoms. The van der Waals surface area contributed by atoms with Crippen LogP contribution in [-0.2, 0) is 4.79 Å². The molecular weight excluding hydrogens is 240 g/mol. The molecule has 1 N–H and O–H groups in total. The zero-order chi connectivity index (χ0) is 11.5. The van der Waals surface area contributed by atoms with E-state index in [2.05, 4.69) is 17.5 Å². The Balaban J connectivity index is 2.16. The van der Waals surface area contributed by atoms with E-state index in [1.54, 1.807) is 22.7 Å². The molecule has 0 saturated heterocycles. The van der Waals surface area contributed by atoms with Crippen LogP contribution in [0, 0.1) is 0 Å². The summed E-state index contributed by atoms with van der Waals surface area (Å²) in [4.78, 5) is 14.2. The van der Waals surface area contributed by atoms with Gasteiger partial charge in [0.15, 0.2) is 0 Å². The second-order valence-electron chi connectivity index (χ2n) is 3.68. The van der Waals surface area contributed by atoms with Gasteiger partial charge in [-0.05, 0) is 23.6 Å². The van der Waals surface area contributed by atoms with Gasteiger partial charge in [-0.25, -0.2) is 0 Å². The maximum Gasteiger partial charge on any atom is 0.303 e. The van der Waals surface area contributed by atoms with Gasteiger partial charge in [0.1, 0.15) is 0 Å². The molecule has 0 aliphatic rings. The van der Waals surface area contributed by atoms with E-state index in [-0.39, 0.29) is 12.3 Å². The highest BCUT2D eigenvalue weighted by Crippen LogP contribution is 2.35. The summed E-state index contributed by atoms with van der Waals surface area (Å²) in [5.74, 6) is -0.644. The average molecular weight is 252 g/mol. The zero-order valence-corrected chi connectivity index (χ0v) is 10.5. The molecule has 0 aliphatic heterocycles. The van der Waals surface area contributed by atoms with Gasteiger partial charge in [-0.1, -0.05) is 13.0 Å². The number of rotatable bonds is 4. The van der Waals surface area contributed by atoms with Gasteiger partial charge in [-0.2, -0.15) is 0 Å². The van der Waals surface area contributed by atoms with Crippen molar-refractivity contribution in [1.29, 1.82) is 0 Å². The van der Waals surface area contributed by atoms with E-state index in [1.165, 1.54) is 9.75 Å². The van der Waals surface area contributed by atoms with Crippen molar-refractivity contribution in [3.63, 3.8) is 0 Å². The zero-order valence-electron chi connectivity index (χ0n) is 8.84. The Kier molecular flexibility index (Phi) is 3.41. The molecule has 0 amide bonds. The van der Waals surface area contributed by atoms with Gasteiger partial charge < -0.3 is 5.11 Å². The van der Waals surface area contributed by atoms with Crippen molar-refractivity contribution in [2.24, 2.45) is 0 Å². The third kappa shape index (κ3) is 2.51. The predicted octanol–water partition coefficient (Wildman–Crippen LogP) is 4.05. The molecule has 4 heteroatoms. The minimum atomic E-state index is -0.737. The smallest absolute Gasteiger partial charge is 0.303 e. The second-order valence-corrected chi connectivity index (χ2v) is 5.74. The van der Waals surface area contributed by atoms with Gasteiger partial charge in [0.2, 0.25) is 0 Å². The molecule has 0 aliphatic carbocycles. The Morgan fingerprint density at radius 3 is 2.81 bits per heavy atom. The number of hydrogen-bond donors (Lipinski definition) is 1. The fourth-order valence-corrected chi connectivity index (χ4v) is 3.43. The lowest BCUT2D eigenvalue weighted by Crippen LogP contribution is -2.00. The first-order chi connectivity index (χ1) is 7.66. The average Bonchev–Trinajstić information content (AvgIpc) is 2.87. The quantitative estimate of drug-likeness (QED) is 0.891. The van der Waals surface area contributed by atoms with Gasteiger partial charge in [0.05, 0.1) is 6.42 Å². The molecule has 2 aromatic heterocycles. The molecular formula is C12H12O2S2. The minimum Gasteiger partial charge on any atom is -0.481 e. The van der Waals surface area contributed by atoms with E-state index in [0.717, 1.165) is 4.88 Å². The van der Waals surface area contributed by atoms with Gasteiger partial charge in [0.25, 0.3) is 0 Å². The molecule has 84 valence electrons. The van der Waals surface area contributed by atoms with Crippen LogP contribution >= 0.6 is 22.7 Å². The standard InChI is InChI=1S/C12H12O2S2/c1-8(7-12(13)14)9-4-5-11(16-9)10-3-2-6-15-10/h2-6,8H,7H2,1H3,(H,13,14). The number of thiophene rings is 2. The topological polar surface area (TPSA) is 37.3 Å². The van der Waals surface area contributed by atoms with Crippen molar-refractivity contribution in [1.82, 2.24) is 0 Å². The van der Waals surface area contributed by atoms with Crippen LogP contribution in [0.25, 0.3) is 9.75 Å².